The lowest BCUT2D eigenvalue weighted by atomic mass is 10.1. The van der Waals surface area contributed by atoms with Gasteiger partial charge in [-0.1, -0.05) is 0 Å². The molecule has 7 heteroatoms. The quantitative estimate of drug-likeness (QED) is 0.892. The predicted molar refractivity (Wildman–Crippen MR) is 105 cm³/mol. The molecule has 1 amide bonds. The number of nitrogens with one attached hydrogen (secondary N) is 1. The second kappa shape index (κ2) is 7.90. The van der Waals surface area contributed by atoms with Crippen LogP contribution >= 0.6 is 0 Å². The van der Waals surface area contributed by atoms with Gasteiger partial charge in [0, 0.05) is 31.7 Å². The standard InChI is InChI=1S/C20H28N4O3/c1-20(2,3)27-19(25)24-11-5-10-23(12-13-24)17-14-21-22-18(17)15-6-8-16(26-4)9-7-15/h6-9,14H,5,10-13H2,1-4H3,(H,21,22). The zero-order chi connectivity index (χ0) is 19.4. The van der Waals surface area contributed by atoms with E-state index < -0.39 is 5.60 Å². The third-order valence-corrected chi connectivity index (χ3v) is 4.49. The van der Waals surface area contributed by atoms with Crippen LogP contribution in [-0.2, 0) is 4.74 Å². The van der Waals surface area contributed by atoms with E-state index in [0.717, 1.165) is 42.2 Å². The van der Waals surface area contributed by atoms with Crippen molar-refractivity contribution in [3.05, 3.63) is 30.5 Å². The molecule has 2 aromatic rings. The molecule has 0 bridgehead atoms. The Morgan fingerprint density at radius 1 is 1.11 bits per heavy atom. The minimum absolute atomic E-state index is 0.244. The SMILES string of the molecule is COc1ccc(-c2[nH]ncc2N2CCCN(C(=O)OC(C)(C)C)CC2)cc1. The molecule has 1 aromatic carbocycles. The summed E-state index contributed by atoms with van der Waals surface area (Å²) in [4.78, 5) is 16.4. The van der Waals surface area contributed by atoms with Crippen molar-refractivity contribution in [2.24, 2.45) is 0 Å². The molecular formula is C20H28N4O3. The number of anilines is 1. The van der Waals surface area contributed by atoms with Gasteiger partial charge < -0.3 is 19.3 Å². The molecule has 0 unspecified atom stereocenters. The van der Waals surface area contributed by atoms with Crippen molar-refractivity contribution >= 4 is 11.8 Å². The highest BCUT2D eigenvalue weighted by Crippen LogP contribution is 2.30. The van der Waals surface area contributed by atoms with Gasteiger partial charge in [-0.3, -0.25) is 5.10 Å². The molecule has 1 saturated heterocycles. The van der Waals surface area contributed by atoms with Gasteiger partial charge in [0.15, 0.2) is 0 Å². The summed E-state index contributed by atoms with van der Waals surface area (Å²) >= 11 is 0. The van der Waals surface area contributed by atoms with Crippen molar-refractivity contribution in [3.8, 4) is 17.0 Å². The summed E-state index contributed by atoms with van der Waals surface area (Å²) in [6.07, 6.45) is 2.49. The van der Waals surface area contributed by atoms with Crippen molar-refractivity contribution in [1.82, 2.24) is 15.1 Å². The van der Waals surface area contributed by atoms with E-state index in [2.05, 4.69) is 15.1 Å². The van der Waals surface area contributed by atoms with Gasteiger partial charge in [0.1, 0.15) is 11.4 Å². The van der Waals surface area contributed by atoms with Gasteiger partial charge in [-0.2, -0.15) is 5.10 Å². The lowest BCUT2D eigenvalue weighted by Crippen LogP contribution is -2.39. The minimum Gasteiger partial charge on any atom is -0.497 e. The van der Waals surface area contributed by atoms with Gasteiger partial charge >= 0.3 is 6.09 Å². The number of benzene rings is 1. The van der Waals surface area contributed by atoms with Crippen LogP contribution in [0, 0.1) is 0 Å². The first-order valence-electron chi connectivity index (χ1n) is 9.28. The van der Waals surface area contributed by atoms with Crippen LogP contribution in [-0.4, -0.2) is 60.1 Å². The lowest BCUT2D eigenvalue weighted by molar-refractivity contribution is 0.0263. The number of hydrogen-bond donors (Lipinski definition) is 1. The summed E-state index contributed by atoms with van der Waals surface area (Å²) in [5, 5.41) is 7.35. The molecule has 146 valence electrons. The molecule has 1 N–H and O–H groups in total. The number of hydrogen-bond acceptors (Lipinski definition) is 5. The number of carbonyl (C=O) groups excluding carboxylic acids is 1. The number of aromatic amines is 1. The number of carbonyl (C=O) groups is 1. The van der Waals surface area contributed by atoms with Crippen molar-refractivity contribution in [1.29, 1.82) is 0 Å². The lowest BCUT2D eigenvalue weighted by Gasteiger charge is -2.26. The van der Waals surface area contributed by atoms with Crippen molar-refractivity contribution in [3.63, 3.8) is 0 Å². The monoisotopic (exact) mass is 372 g/mol. The summed E-state index contributed by atoms with van der Waals surface area (Å²) in [6.45, 7) is 8.60. The summed E-state index contributed by atoms with van der Waals surface area (Å²) < 4.78 is 10.7. The zero-order valence-corrected chi connectivity index (χ0v) is 16.5. The Kier molecular flexibility index (Phi) is 5.58. The van der Waals surface area contributed by atoms with Gasteiger partial charge in [0.05, 0.1) is 24.7 Å². The van der Waals surface area contributed by atoms with Gasteiger partial charge in [0.2, 0.25) is 0 Å². The average molecular weight is 372 g/mol. The Morgan fingerprint density at radius 2 is 1.85 bits per heavy atom. The topological polar surface area (TPSA) is 70.7 Å². The first kappa shape index (κ1) is 19.1. The molecule has 0 saturated carbocycles. The van der Waals surface area contributed by atoms with E-state index in [0.29, 0.717) is 13.1 Å². The maximum atomic E-state index is 12.4. The maximum absolute atomic E-state index is 12.4. The minimum atomic E-state index is -0.477. The van der Waals surface area contributed by atoms with Crippen LogP contribution in [0.2, 0.25) is 0 Å². The maximum Gasteiger partial charge on any atom is 0.410 e. The number of H-pyrrole nitrogens is 1. The summed E-state index contributed by atoms with van der Waals surface area (Å²) in [5.74, 6) is 0.822. The Labute approximate surface area is 160 Å². The fraction of sp³-hybridized carbons (Fsp3) is 0.500. The molecule has 0 atom stereocenters. The third-order valence-electron chi connectivity index (χ3n) is 4.49. The van der Waals surface area contributed by atoms with Gasteiger partial charge in [-0.15, -0.1) is 0 Å². The smallest absolute Gasteiger partial charge is 0.410 e. The first-order valence-corrected chi connectivity index (χ1v) is 9.28. The number of rotatable bonds is 3. The normalized spacial score (nSPS) is 15.4. The summed E-state index contributed by atoms with van der Waals surface area (Å²) in [5.41, 5.74) is 2.60. The van der Waals surface area contributed by atoms with Gasteiger partial charge in [-0.05, 0) is 51.5 Å². The number of methoxy groups -OCH3 is 1. The summed E-state index contributed by atoms with van der Waals surface area (Å²) in [7, 11) is 1.66. The molecule has 1 aliphatic rings. The van der Waals surface area contributed by atoms with E-state index in [-0.39, 0.29) is 6.09 Å². The van der Waals surface area contributed by atoms with E-state index in [1.807, 2.05) is 51.2 Å². The molecule has 3 rings (SSSR count). The van der Waals surface area contributed by atoms with Crippen LogP contribution in [0.1, 0.15) is 27.2 Å². The van der Waals surface area contributed by atoms with E-state index in [4.69, 9.17) is 9.47 Å². The fourth-order valence-corrected chi connectivity index (χ4v) is 3.16. The van der Waals surface area contributed by atoms with E-state index >= 15 is 0 Å². The van der Waals surface area contributed by atoms with Crippen LogP contribution in [0.25, 0.3) is 11.3 Å². The van der Waals surface area contributed by atoms with E-state index in [9.17, 15) is 4.79 Å². The number of ether oxygens (including phenoxy) is 2. The van der Waals surface area contributed by atoms with Gasteiger partial charge in [-0.25, -0.2) is 4.79 Å². The molecular weight excluding hydrogens is 344 g/mol. The molecule has 27 heavy (non-hydrogen) atoms. The van der Waals surface area contributed by atoms with E-state index in [1.54, 1.807) is 12.0 Å². The second-order valence-electron chi connectivity index (χ2n) is 7.67. The molecule has 1 fully saturated rings. The third kappa shape index (κ3) is 4.72. The average Bonchev–Trinajstić information content (AvgIpc) is 2.97. The second-order valence-corrected chi connectivity index (χ2v) is 7.67. The Hall–Kier alpha value is -2.70. The number of nitrogens with zero attached hydrogens (tertiary/aromatic N) is 3. The van der Waals surface area contributed by atoms with Crippen LogP contribution in [0.3, 0.4) is 0 Å². The molecule has 0 spiro atoms. The molecule has 1 aliphatic heterocycles. The highest BCUT2D eigenvalue weighted by molar-refractivity contribution is 5.75. The highest BCUT2D eigenvalue weighted by atomic mass is 16.6. The van der Waals surface area contributed by atoms with Crippen LogP contribution < -0.4 is 9.64 Å². The van der Waals surface area contributed by atoms with Crippen LogP contribution in [0.5, 0.6) is 5.75 Å². The van der Waals surface area contributed by atoms with Crippen LogP contribution in [0.15, 0.2) is 30.5 Å². The number of amides is 1. The van der Waals surface area contributed by atoms with E-state index in [1.165, 1.54) is 0 Å². The van der Waals surface area contributed by atoms with Crippen molar-refractivity contribution < 1.29 is 14.3 Å². The molecule has 0 aliphatic carbocycles. The molecule has 2 heterocycles. The highest BCUT2D eigenvalue weighted by Gasteiger charge is 2.25. The zero-order valence-electron chi connectivity index (χ0n) is 16.5. The number of aromatic nitrogens is 2. The largest absolute Gasteiger partial charge is 0.497 e. The molecule has 7 nitrogen and oxygen atoms in total. The molecule has 1 aromatic heterocycles. The fourth-order valence-electron chi connectivity index (χ4n) is 3.16. The first-order chi connectivity index (χ1) is 12.9. The predicted octanol–water partition coefficient (Wildman–Crippen LogP) is 3.53. The Bertz CT molecular complexity index is 764. The van der Waals surface area contributed by atoms with Crippen molar-refractivity contribution in [2.45, 2.75) is 32.8 Å². The van der Waals surface area contributed by atoms with Gasteiger partial charge in [0.25, 0.3) is 0 Å². The van der Waals surface area contributed by atoms with Crippen LogP contribution in [0.4, 0.5) is 10.5 Å². The summed E-state index contributed by atoms with van der Waals surface area (Å²) in [6, 6.07) is 7.90. The van der Waals surface area contributed by atoms with Crippen molar-refractivity contribution in [2.75, 3.05) is 38.2 Å². The Morgan fingerprint density at radius 3 is 2.52 bits per heavy atom. The Balaban J connectivity index is 1.71. The molecule has 0 radical (unpaired) electrons.